The number of nitrogens with zero attached hydrogens (tertiary/aromatic N) is 2. The van der Waals surface area contributed by atoms with Crippen molar-refractivity contribution >= 4 is 15.9 Å². The fraction of sp³-hybridized carbons (Fsp3) is 0.682. The maximum absolute atomic E-state index is 13.0. The molecule has 1 aromatic rings. The van der Waals surface area contributed by atoms with Gasteiger partial charge in [0.15, 0.2) is 6.04 Å². The molecule has 7 heteroatoms. The van der Waals surface area contributed by atoms with Crippen molar-refractivity contribution in [3.05, 3.63) is 29.3 Å². The van der Waals surface area contributed by atoms with Gasteiger partial charge in [-0.05, 0) is 62.3 Å². The summed E-state index contributed by atoms with van der Waals surface area (Å²) in [5, 5.41) is 0. The minimum Gasteiger partial charge on any atom is -0.337 e. The number of carbonyl (C=O) groups excluding carboxylic acids is 1. The average Bonchev–Trinajstić information content (AvgIpc) is 2.68. The minimum absolute atomic E-state index is 0.126. The van der Waals surface area contributed by atoms with Crippen LogP contribution in [0.25, 0.3) is 0 Å². The van der Waals surface area contributed by atoms with Gasteiger partial charge in [-0.3, -0.25) is 4.79 Å². The summed E-state index contributed by atoms with van der Waals surface area (Å²) < 4.78 is 27.6. The molecule has 0 saturated carbocycles. The molecule has 1 aromatic carbocycles. The number of aryl methyl sites for hydroxylation is 2. The highest BCUT2D eigenvalue weighted by atomic mass is 32.2. The van der Waals surface area contributed by atoms with Crippen molar-refractivity contribution in [2.75, 3.05) is 39.3 Å². The van der Waals surface area contributed by atoms with Crippen LogP contribution in [-0.4, -0.2) is 68.8 Å². The zero-order chi connectivity index (χ0) is 21.3. The maximum atomic E-state index is 13.0. The quantitative estimate of drug-likeness (QED) is 0.790. The summed E-state index contributed by atoms with van der Waals surface area (Å²) >= 11 is 0. The first kappa shape index (κ1) is 22.2. The van der Waals surface area contributed by atoms with E-state index >= 15 is 0 Å². The molecular weight excluding hydrogens is 386 g/mol. The molecule has 0 aliphatic carbocycles. The summed E-state index contributed by atoms with van der Waals surface area (Å²) in [6, 6.07) is 5.20. The van der Waals surface area contributed by atoms with E-state index in [9.17, 15) is 13.2 Å². The molecule has 0 aromatic heterocycles. The fourth-order valence-electron chi connectivity index (χ4n) is 4.76. The van der Waals surface area contributed by atoms with Gasteiger partial charge in [0.25, 0.3) is 5.91 Å². The second-order valence-electron chi connectivity index (χ2n) is 9.22. The van der Waals surface area contributed by atoms with Crippen molar-refractivity contribution in [2.24, 2.45) is 11.8 Å². The Balaban J connectivity index is 1.62. The molecule has 29 heavy (non-hydrogen) atoms. The van der Waals surface area contributed by atoms with E-state index in [0.717, 1.165) is 24.2 Å². The second-order valence-corrected chi connectivity index (χ2v) is 11.2. The molecule has 0 bridgehead atoms. The van der Waals surface area contributed by atoms with E-state index in [1.54, 1.807) is 16.4 Å². The third-order valence-corrected chi connectivity index (χ3v) is 8.54. The normalized spacial score (nSPS) is 25.8. The summed E-state index contributed by atoms with van der Waals surface area (Å²) in [6.07, 6.45) is 1.18. The zero-order valence-corrected chi connectivity index (χ0v) is 19.3. The van der Waals surface area contributed by atoms with Crippen LogP contribution in [0, 0.1) is 25.7 Å². The van der Waals surface area contributed by atoms with E-state index in [-0.39, 0.29) is 11.9 Å². The molecule has 162 valence electrons. The van der Waals surface area contributed by atoms with E-state index < -0.39 is 10.0 Å². The molecule has 2 saturated heterocycles. The minimum atomic E-state index is -3.48. The molecule has 2 aliphatic rings. The Bertz CT molecular complexity index is 837. The monoisotopic (exact) mass is 422 g/mol. The largest absolute Gasteiger partial charge is 0.337 e. The average molecular weight is 423 g/mol. The Morgan fingerprint density at radius 3 is 2.21 bits per heavy atom. The lowest BCUT2D eigenvalue weighted by Gasteiger charge is -2.39. The number of quaternary nitrogens is 1. The Morgan fingerprint density at radius 2 is 1.66 bits per heavy atom. The van der Waals surface area contributed by atoms with Gasteiger partial charge in [-0.25, -0.2) is 8.42 Å². The number of hydrogen-bond donors (Lipinski definition) is 1. The van der Waals surface area contributed by atoms with Gasteiger partial charge in [0, 0.05) is 13.1 Å². The lowest BCUT2D eigenvalue weighted by Crippen LogP contribution is -3.19. The number of carbonyl (C=O) groups is 1. The predicted octanol–water partition coefficient (Wildman–Crippen LogP) is 1.09. The van der Waals surface area contributed by atoms with Gasteiger partial charge in [0.1, 0.15) is 0 Å². The zero-order valence-electron chi connectivity index (χ0n) is 18.4. The Hall–Kier alpha value is -1.44. The van der Waals surface area contributed by atoms with Crippen molar-refractivity contribution in [2.45, 2.75) is 52.0 Å². The van der Waals surface area contributed by atoms with Crippen LogP contribution in [0.1, 0.15) is 38.3 Å². The van der Waals surface area contributed by atoms with E-state index in [4.69, 9.17) is 0 Å². The summed E-state index contributed by atoms with van der Waals surface area (Å²) in [5.74, 6) is 1.30. The molecule has 3 rings (SSSR count). The summed E-state index contributed by atoms with van der Waals surface area (Å²) in [7, 11) is -3.48. The molecule has 3 atom stereocenters. The van der Waals surface area contributed by atoms with Crippen molar-refractivity contribution in [3.8, 4) is 0 Å². The van der Waals surface area contributed by atoms with E-state index in [2.05, 4.69) is 13.8 Å². The van der Waals surface area contributed by atoms with Crippen molar-refractivity contribution in [1.82, 2.24) is 9.21 Å². The Kier molecular flexibility index (Phi) is 6.70. The van der Waals surface area contributed by atoms with Gasteiger partial charge in [0.2, 0.25) is 10.0 Å². The first-order valence-corrected chi connectivity index (χ1v) is 12.2. The summed E-state index contributed by atoms with van der Waals surface area (Å²) in [5.41, 5.74) is 2.08. The van der Waals surface area contributed by atoms with Gasteiger partial charge >= 0.3 is 0 Å². The topological polar surface area (TPSA) is 62.1 Å². The smallest absolute Gasteiger partial charge is 0.280 e. The van der Waals surface area contributed by atoms with Crippen molar-refractivity contribution < 1.29 is 18.1 Å². The predicted molar refractivity (Wildman–Crippen MR) is 114 cm³/mol. The third kappa shape index (κ3) is 4.84. The molecule has 1 amide bonds. The van der Waals surface area contributed by atoms with E-state index in [0.29, 0.717) is 42.9 Å². The number of benzene rings is 1. The number of piperazine rings is 1. The lowest BCUT2D eigenvalue weighted by molar-refractivity contribution is -0.918. The Labute approximate surface area is 175 Å². The molecule has 2 heterocycles. The second kappa shape index (κ2) is 8.74. The molecule has 2 fully saturated rings. The van der Waals surface area contributed by atoms with Crippen LogP contribution in [0.5, 0.6) is 0 Å². The number of rotatable bonds is 4. The number of hydrogen-bond acceptors (Lipinski definition) is 3. The highest BCUT2D eigenvalue weighted by Gasteiger charge is 2.37. The molecule has 6 nitrogen and oxygen atoms in total. The lowest BCUT2D eigenvalue weighted by atomic mass is 9.91. The SMILES string of the molecule is Cc1ccc(S(=O)(=O)N2CC[NH+]([C@@H](C)C(=O)N3C[C@@H](C)C[C@H](C)C3)CC2)cc1C. The van der Waals surface area contributed by atoms with Crippen LogP contribution in [-0.2, 0) is 14.8 Å². The number of likely N-dealkylation sites (tertiary alicyclic amines) is 1. The first-order chi connectivity index (χ1) is 13.6. The fourth-order valence-corrected chi connectivity index (χ4v) is 6.29. The van der Waals surface area contributed by atoms with Crippen LogP contribution in [0.15, 0.2) is 23.1 Å². The van der Waals surface area contributed by atoms with Crippen LogP contribution in [0.3, 0.4) is 0 Å². The highest BCUT2D eigenvalue weighted by molar-refractivity contribution is 7.89. The number of nitrogens with one attached hydrogen (secondary N) is 1. The van der Waals surface area contributed by atoms with E-state index in [1.807, 2.05) is 31.7 Å². The van der Waals surface area contributed by atoms with Gasteiger partial charge < -0.3 is 9.80 Å². The van der Waals surface area contributed by atoms with Crippen LogP contribution in [0.2, 0.25) is 0 Å². The van der Waals surface area contributed by atoms with Gasteiger partial charge in [-0.2, -0.15) is 4.31 Å². The van der Waals surface area contributed by atoms with E-state index in [1.165, 1.54) is 11.3 Å². The summed E-state index contributed by atoms with van der Waals surface area (Å²) in [4.78, 5) is 16.6. The van der Waals surface area contributed by atoms with Crippen LogP contribution >= 0.6 is 0 Å². The van der Waals surface area contributed by atoms with Gasteiger partial charge in [0.05, 0.1) is 31.1 Å². The molecule has 0 spiro atoms. The first-order valence-electron chi connectivity index (χ1n) is 10.8. The number of piperidine rings is 1. The standard InChI is InChI=1S/C22H35N3O3S/c1-16-12-17(2)15-24(14-16)22(26)20(5)23-8-10-25(11-9-23)29(27,28)21-7-6-18(3)19(4)13-21/h6-7,13,16-17,20H,8-12,14-15H2,1-5H3/p+1/t16-,17-,20-/m0/s1. The number of sulfonamides is 1. The van der Waals surface area contributed by atoms with Gasteiger partial charge in [-0.1, -0.05) is 19.9 Å². The van der Waals surface area contributed by atoms with Crippen molar-refractivity contribution in [1.29, 1.82) is 0 Å². The third-order valence-electron chi connectivity index (χ3n) is 6.64. The molecule has 0 unspecified atom stereocenters. The summed E-state index contributed by atoms with van der Waals surface area (Å²) in [6.45, 7) is 14.3. The Morgan fingerprint density at radius 1 is 1.07 bits per heavy atom. The molecule has 1 N–H and O–H groups in total. The molecule has 0 radical (unpaired) electrons. The van der Waals surface area contributed by atoms with Crippen LogP contribution < -0.4 is 4.90 Å². The highest BCUT2D eigenvalue weighted by Crippen LogP contribution is 2.22. The number of amides is 1. The van der Waals surface area contributed by atoms with Gasteiger partial charge in [-0.15, -0.1) is 0 Å². The maximum Gasteiger partial charge on any atom is 0.280 e. The molecular formula is C22H36N3O3S+. The van der Waals surface area contributed by atoms with Crippen LogP contribution in [0.4, 0.5) is 0 Å². The molecule has 2 aliphatic heterocycles. The van der Waals surface area contributed by atoms with Crippen molar-refractivity contribution in [3.63, 3.8) is 0 Å².